The maximum atomic E-state index is 13.2. The highest BCUT2D eigenvalue weighted by Crippen LogP contribution is 2.31. The van der Waals surface area contributed by atoms with Crippen LogP contribution in [0.4, 0.5) is 8.78 Å². The van der Waals surface area contributed by atoms with E-state index in [1.54, 1.807) is 0 Å². The van der Waals surface area contributed by atoms with Gasteiger partial charge in [-0.3, -0.25) is 0 Å². The summed E-state index contributed by atoms with van der Waals surface area (Å²) in [6.07, 6.45) is 1.21. The first-order chi connectivity index (χ1) is 8.11. The lowest BCUT2D eigenvalue weighted by Crippen LogP contribution is -1.90. The molecule has 0 unspecified atom stereocenters. The number of benzene rings is 1. The minimum absolute atomic E-state index is 0.0794. The van der Waals surface area contributed by atoms with Crippen LogP contribution in [0.2, 0.25) is 5.02 Å². The number of methoxy groups -OCH3 is 1. The molecule has 2 nitrogen and oxygen atoms in total. The summed E-state index contributed by atoms with van der Waals surface area (Å²) in [7, 11) is 1.36. The van der Waals surface area contributed by atoms with Crippen LogP contribution < -0.4 is 4.74 Å². The third-order valence-corrected chi connectivity index (χ3v) is 2.59. The van der Waals surface area contributed by atoms with Crippen LogP contribution in [0.3, 0.4) is 0 Å². The Balaban J connectivity index is 2.56. The van der Waals surface area contributed by atoms with Gasteiger partial charge in [0.15, 0.2) is 11.6 Å². The molecule has 0 aliphatic heterocycles. The average molecular weight is 256 g/mol. The Morgan fingerprint density at radius 3 is 2.71 bits per heavy atom. The predicted molar refractivity (Wildman–Crippen MR) is 61.2 cm³/mol. The number of aromatic nitrogens is 1. The first kappa shape index (κ1) is 11.8. The zero-order valence-corrected chi connectivity index (χ0v) is 9.63. The van der Waals surface area contributed by atoms with Crippen molar-refractivity contribution < 1.29 is 13.5 Å². The smallest absolute Gasteiger partial charge is 0.213 e. The van der Waals surface area contributed by atoms with E-state index in [4.69, 9.17) is 16.3 Å². The van der Waals surface area contributed by atoms with Gasteiger partial charge in [-0.1, -0.05) is 17.7 Å². The van der Waals surface area contributed by atoms with Crippen molar-refractivity contribution in [3.8, 4) is 16.9 Å². The first-order valence-electron chi connectivity index (χ1n) is 4.77. The summed E-state index contributed by atoms with van der Waals surface area (Å²) < 4.78 is 31.1. The number of hydrogen-bond donors (Lipinski definition) is 0. The topological polar surface area (TPSA) is 22.1 Å². The van der Waals surface area contributed by atoms with Crippen molar-refractivity contribution in [2.45, 2.75) is 0 Å². The van der Waals surface area contributed by atoms with Crippen LogP contribution >= 0.6 is 11.6 Å². The molecule has 0 saturated carbocycles. The minimum Gasteiger partial charge on any atom is -0.494 e. The standard InChI is InChI=1S/C12H8ClF2NO/c1-17-11-4-7(2-3-10(11)14)8-5-12(15)16-6-9(8)13/h2-6H,1H3. The van der Waals surface area contributed by atoms with Crippen LogP contribution in [0.1, 0.15) is 0 Å². The molecule has 0 bridgehead atoms. The third-order valence-electron chi connectivity index (χ3n) is 2.28. The molecule has 17 heavy (non-hydrogen) atoms. The molecule has 0 amide bonds. The van der Waals surface area contributed by atoms with E-state index >= 15 is 0 Å². The molecule has 1 aromatic heterocycles. The van der Waals surface area contributed by atoms with E-state index in [2.05, 4.69) is 4.98 Å². The molecule has 88 valence electrons. The molecule has 2 aromatic rings. The summed E-state index contributed by atoms with van der Waals surface area (Å²) in [5.74, 6) is -1.05. The van der Waals surface area contributed by atoms with Gasteiger partial charge in [-0.2, -0.15) is 4.39 Å². The fourth-order valence-corrected chi connectivity index (χ4v) is 1.67. The fraction of sp³-hybridized carbons (Fsp3) is 0.0833. The molecule has 2 rings (SSSR count). The van der Waals surface area contributed by atoms with Gasteiger partial charge in [-0.15, -0.1) is 0 Å². The van der Waals surface area contributed by atoms with Gasteiger partial charge in [0.25, 0.3) is 0 Å². The summed E-state index contributed by atoms with van der Waals surface area (Å²) >= 11 is 5.90. The van der Waals surface area contributed by atoms with Crippen molar-refractivity contribution in [2.24, 2.45) is 0 Å². The van der Waals surface area contributed by atoms with Crippen molar-refractivity contribution in [1.82, 2.24) is 4.98 Å². The quantitative estimate of drug-likeness (QED) is 0.764. The normalized spacial score (nSPS) is 10.4. The van der Waals surface area contributed by atoms with Crippen LogP contribution in [-0.2, 0) is 0 Å². The molecule has 0 aliphatic carbocycles. The van der Waals surface area contributed by atoms with Crippen LogP contribution in [0, 0.1) is 11.8 Å². The molecule has 1 aromatic carbocycles. The second-order valence-electron chi connectivity index (χ2n) is 3.34. The van der Waals surface area contributed by atoms with E-state index in [1.165, 1.54) is 37.6 Å². The lowest BCUT2D eigenvalue weighted by atomic mass is 10.1. The van der Waals surface area contributed by atoms with Gasteiger partial charge < -0.3 is 4.74 Å². The number of rotatable bonds is 2. The van der Waals surface area contributed by atoms with Gasteiger partial charge in [-0.05, 0) is 17.7 Å². The maximum absolute atomic E-state index is 13.2. The van der Waals surface area contributed by atoms with E-state index in [9.17, 15) is 8.78 Å². The van der Waals surface area contributed by atoms with Crippen molar-refractivity contribution in [2.75, 3.05) is 7.11 Å². The number of pyridine rings is 1. The van der Waals surface area contributed by atoms with Gasteiger partial charge >= 0.3 is 0 Å². The Labute approximate surface area is 102 Å². The van der Waals surface area contributed by atoms with Crippen LogP contribution in [-0.4, -0.2) is 12.1 Å². The van der Waals surface area contributed by atoms with Crippen LogP contribution in [0.15, 0.2) is 30.5 Å². The number of hydrogen-bond acceptors (Lipinski definition) is 2. The summed E-state index contributed by atoms with van der Waals surface area (Å²) in [6, 6.07) is 5.38. The molecular formula is C12H8ClF2NO. The molecule has 0 atom stereocenters. The lowest BCUT2D eigenvalue weighted by molar-refractivity contribution is 0.387. The summed E-state index contributed by atoms with van der Waals surface area (Å²) in [4.78, 5) is 3.42. The monoisotopic (exact) mass is 255 g/mol. The Morgan fingerprint density at radius 1 is 1.24 bits per heavy atom. The lowest BCUT2D eigenvalue weighted by Gasteiger charge is -2.07. The fourth-order valence-electron chi connectivity index (χ4n) is 1.46. The second-order valence-corrected chi connectivity index (χ2v) is 3.74. The largest absolute Gasteiger partial charge is 0.494 e. The van der Waals surface area contributed by atoms with Gasteiger partial charge in [0.2, 0.25) is 5.95 Å². The zero-order valence-electron chi connectivity index (χ0n) is 8.88. The molecule has 0 aliphatic rings. The molecule has 0 radical (unpaired) electrons. The van der Waals surface area contributed by atoms with E-state index < -0.39 is 11.8 Å². The number of halogens is 3. The SMILES string of the molecule is COc1cc(-c2cc(F)ncc2Cl)ccc1F. The molecule has 0 saturated heterocycles. The highest BCUT2D eigenvalue weighted by Gasteiger charge is 2.09. The van der Waals surface area contributed by atoms with Gasteiger partial charge in [0.05, 0.1) is 12.1 Å². The van der Waals surface area contributed by atoms with E-state index in [-0.39, 0.29) is 5.75 Å². The molecule has 1 heterocycles. The van der Waals surface area contributed by atoms with Crippen molar-refractivity contribution in [1.29, 1.82) is 0 Å². The summed E-state index contributed by atoms with van der Waals surface area (Å²) in [5.41, 5.74) is 1.01. The Bertz CT molecular complexity index is 560. The van der Waals surface area contributed by atoms with Crippen LogP contribution in [0.5, 0.6) is 5.75 Å². The van der Waals surface area contributed by atoms with E-state index in [1.807, 2.05) is 0 Å². The molecule has 5 heteroatoms. The molecular weight excluding hydrogens is 248 g/mol. The van der Waals surface area contributed by atoms with Gasteiger partial charge in [-0.25, -0.2) is 9.37 Å². The Morgan fingerprint density at radius 2 is 2.00 bits per heavy atom. The van der Waals surface area contributed by atoms with Gasteiger partial charge in [0.1, 0.15) is 0 Å². The van der Waals surface area contributed by atoms with Crippen molar-refractivity contribution in [3.05, 3.63) is 47.2 Å². The van der Waals surface area contributed by atoms with Crippen LogP contribution in [0.25, 0.3) is 11.1 Å². The molecule has 0 spiro atoms. The van der Waals surface area contributed by atoms with Gasteiger partial charge in [0, 0.05) is 17.8 Å². The highest BCUT2D eigenvalue weighted by molar-refractivity contribution is 6.33. The molecule has 0 N–H and O–H groups in total. The van der Waals surface area contributed by atoms with E-state index in [0.29, 0.717) is 16.1 Å². The third kappa shape index (κ3) is 2.36. The van der Waals surface area contributed by atoms with E-state index in [0.717, 1.165) is 0 Å². The summed E-state index contributed by atoms with van der Waals surface area (Å²) in [5, 5.41) is 0.292. The second kappa shape index (κ2) is 4.67. The maximum Gasteiger partial charge on any atom is 0.213 e. The highest BCUT2D eigenvalue weighted by atomic mass is 35.5. The Kier molecular flexibility index (Phi) is 3.24. The van der Waals surface area contributed by atoms with Crippen molar-refractivity contribution in [3.63, 3.8) is 0 Å². The molecule has 0 fully saturated rings. The van der Waals surface area contributed by atoms with Crippen molar-refractivity contribution >= 4 is 11.6 Å². The predicted octanol–water partition coefficient (Wildman–Crippen LogP) is 3.69. The zero-order chi connectivity index (χ0) is 12.4. The minimum atomic E-state index is -0.646. The number of ether oxygens (including phenoxy) is 1. The Hall–Kier alpha value is -1.68. The first-order valence-corrected chi connectivity index (χ1v) is 5.14. The average Bonchev–Trinajstić information content (AvgIpc) is 2.33. The summed E-state index contributed by atoms with van der Waals surface area (Å²) in [6.45, 7) is 0. The number of nitrogens with zero attached hydrogens (tertiary/aromatic N) is 1.